The molecule has 1 saturated heterocycles. The molecule has 5 nitrogen and oxygen atoms in total. The third kappa shape index (κ3) is 5.26. The molecule has 2 aromatic heterocycles. The van der Waals surface area contributed by atoms with E-state index in [1.54, 1.807) is 18.5 Å². The van der Waals surface area contributed by atoms with Crippen molar-refractivity contribution in [2.45, 2.75) is 31.8 Å². The Kier molecular flexibility index (Phi) is 7.16. The molecule has 0 unspecified atom stereocenters. The van der Waals surface area contributed by atoms with Crippen molar-refractivity contribution in [3.63, 3.8) is 0 Å². The van der Waals surface area contributed by atoms with Crippen molar-refractivity contribution >= 4 is 28.3 Å². The first-order valence-corrected chi connectivity index (χ1v) is 13.0. The van der Waals surface area contributed by atoms with Gasteiger partial charge in [0.2, 0.25) is 0 Å². The van der Waals surface area contributed by atoms with E-state index in [0.717, 1.165) is 43.5 Å². The molecule has 0 bridgehead atoms. The molecule has 1 fully saturated rings. The van der Waals surface area contributed by atoms with Gasteiger partial charge in [-0.05, 0) is 73.0 Å². The Hall–Kier alpha value is -3.16. The van der Waals surface area contributed by atoms with E-state index in [9.17, 15) is 9.18 Å². The van der Waals surface area contributed by atoms with Crippen LogP contribution in [-0.2, 0) is 13.0 Å². The zero-order valence-corrected chi connectivity index (χ0v) is 20.6. The molecule has 0 saturated carbocycles. The number of piperidine rings is 1. The summed E-state index contributed by atoms with van der Waals surface area (Å²) in [5.74, 6) is 0.0958. The fourth-order valence-electron chi connectivity index (χ4n) is 5.17. The maximum absolute atomic E-state index is 14.6. The van der Waals surface area contributed by atoms with Crippen molar-refractivity contribution in [3.05, 3.63) is 94.2 Å². The third-order valence-corrected chi connectivity index (χ3v) is 7.81. The van der Waals surface area contributed by atoms with Crippen molar-refractivity contribution in [3.8, 4) is 0 Å². The molecular formula is C28H29FN4OS. The lowest BCUT2D eigenvalue weighted by Crippen LogP contribution is -2.47. The van der Waals surface area contributed by atoms with Crippen molar-refractivity contribution in [1.29, 1.82) is 0 Å². The highest BCUT2D eigenvalue weighted by atomic mass is 32.1. The minimum atomic E-state index is -0.205. The van der Waals surface area contributed by atoms with E-state index in [1.807, 2.05) is 53.0 Å². The Morgan fingerprint density at radius 1 is 1.09 bits per heavy atom. The maximum atomic E-state index is 14.6. The molecule has 7 heteroatoms. The first kappa shape index (κ1) is 23.6. The fourth-order valence-corrected chi connectivity index (χ4v) is 5.80. The molecule has 1 amide bonds. The molecule has 2 aromatic carbocycles. The number of halogens is 1. The van der Waals surface area contributed by atoms with Crippen LogP contribution in [0.3, 0.4) is 0 Å². The zero-order chi connectivity index (χ0) is 24.2. The van der Waals surface area contributed by atoms with Gasteiger partial charge in [-0.15, -0.1) is 0 Å². The molecule has 180 valence electrons. The van der Waals surface area contributed by atoms with Crippen LogP contribution in [0.5, 0.6) is 0 Å². The molecule has 0 spiro atoms. The summed E-state index contributed by atoms with van der Waals surface area (Å²) in [5.41, 5.74) is 4.42. The molecule has 1 aliphatic heterocycles. The number of hydrogen-bond donors (Lipinski definition) is 0. The van der Waals surface area contributed by atoms with Gasteiger partial charge in [-0.25, -0.2) is 4.39 Å². The number of thiophene rings is 1. The zero-order valence-electron chi connectivity index (χ0n) is 19.8. The highest BCUT2D eigenvalue weighted by Crippen LogP contribution is 2.29. The average molecular weight is 489 g/mol. The van der Waals surface area contributed by atoms with Crippen molar-refractivity contribution in [2.24, 2.45) is 5.92 Å². The molecular weight excluding hydrogens is 459 g/mol. The highest BCUT2D eigenvalue weighted by molar-refractivity contribution is 7.08. The molecule has 0 N–H and O–H groups in total. The van der Waals surface area contributed by atoms with Crippen LogP contribution in [0.1, 0.15) is 34.3 Å². The van der Waals surface area contributed by atoms with E-state index >= 15 is 0 Å². The SMILES string of the molecule is CN(C(=O)c1ccsc1)[C@@H](Cc1ccccc1F)C1CCN(Cc2cccc3nccnc23)CC1. The molecule has 0 aliphatic carbocycles. The summed E-state index contributed by atoms with van der Waals surface area (Å²) in [4.78, 5) is 26.5. The number of amides is 1. The van der Waals surface area contributed by atoms with E-state index in [4.69, 9.17) is 0 Å². The van der Waals surface area contributed by atoms with Gasteiger partial charge >= 0.3 is 0 Å². The van der Waals surface area contributed by atoms with E-state index in [0.29, 0.717) is 23.5 Å². The Bertz CT molecular complexity index is 1280. The summed E-state index contributed by atoms with van der Waals surface area (Å²) >= 11 is 1.52. The molecule has 0 radical (unpaired) electrons. The summed E-state index contributed by atoms with van der Waals surface area (Å²) < 4.78 is 14.6. The van der Waals surface area contributed by atoms with Gasteiger partial charge in [-0.1, -0.05) is 30.3 Å². The van der Waals surface area contributed by atoms with Crippen molar-refractivity contribution < 1.29 is 9.18 Å². The Labute approximate surface area is 209 Å². The van der Waals surface area contributed by atoms with Gasteiger partial charge in [0.25, 0.3) is 5.91 Å². The minimum Gasteiger partial charge on any atom is -0.338 e. The summed E-state index contributed by atoms with van der Waals surface area (Å²) in [7, 11) is 1.87. The van der Waals surface area contributed by atoms with Gasteiger partial charge in [0.15, 0.2) is 0 Å². The number of fused-ring (bicyclic) bond motifs is 1. The summed E-state index contributed by atoms with van der Waals surface area (Å²) in [6, 6.07) is 14.9. The molecule has 5 rings (SSSR count). The maximum Gasteiger partial charge on any atom is 0.254 e. The monoisotopic (exact) mass is 488 g/mol. The topological polar surface area (TPSA) is 49.3 Å². The molecule has 35 heavy (non-hydrogen) atoms. The van der Waals surface area contributed by atoms with Crippen LogP contribution in [0.25, 0.3) is 11.0 Å². The number of para-hydroxylation sites is 1. The lowest BCUT2D eigenvalue weighted by molar-refractivity contribution is 0.0584. The quantitative estimate of drug-likeness (QED) is 0.348. The first-order chi connectivity index (χ1) is 17.1. The van der Waals surface area contributed by atoms with Gasteiger partial charge < -0.3 is 4.90 Å². The third-order valence-electron chi connectivity index (χ3n) is 7.13. The average Bonchev–Trinajstić information content (AvgIpc) is 3.43. The number of carbonyl (C=O) groups excluding carboxylic acids is 1. The number of carbonyl (C=O) groups is 1. The van der Waals surface area contributed by atoms with Crippen LogP contribution in [0.4, 0.5) is 4.39 Å². The normalized spacial score (nSPS) is 15.8. The van der Waals surface area contributed by atoms with E-state index < -0.39 is 0 Å². The predicted molar refractivity (Wildman–Crippen MR) is 138 cm³/mol. The molecule has 4 aromatic rings. The van der Waals surface area contributed by atoms with Crippen LogP contribution < -0.4 is 0 Å². The van der Waals surface area contributed by atoms with Gasteiger partial charge in [0.1, 0.15) is 5.82 Å². The van der Waals surface area contributed by atoms with Crippen LogP contribution in [0.15, 0.2) is 71.7 Å². The highest BCUT2D eigenvalue weighted by Gasteiger charge is 2.32. The lowest BCUT2D eigenvalue weighted by Gasteiger charge is -2.40. The number of likely N-dealkylation sites (tertiary alicyclic amines) is 1. The Morgan fingerprint density at radius 2 is 1.86 bits per heavy atom. The van der Waals surface area contributed by atoms with Crippen LogP contribution in [-0.4, -0.2) is 51.9 Å². The Morgan fingerprint density at radius 3 is 2.63 bits per heavy atom. The van der Waals surface area contributed by atoms with E-state index in [1.165, 1.54) is 23.0 Å². The molecule has 1 aliphatic rings. The predicted octanol–water partition coefficient (Wildman–Crippen LogP) is 5.43. The first-order valence-electron chi connectivity index (χ1n) is 12.0. The second kappa shape index (κ2) is 10.6. The fraction of sp³-hybridized carbons (Fsp3) is 0.321. The van der Waals surface area contributed by atoms with E-state index in [2.05, 4.69) is 20.9 Å². The van der Waals surface area contributed by atoms with Crippen LogP contribution >= 0.6 is 11.3 Å². The summed E-state index contributed by atoms with van der Waals surface area (Å²) in [6.45, 7) is 2.68. The van der Waals surface area contributed by atoms with Gasteiger partial charge in [0, 0.05) is 37.4 Å². The number of benzene rings is 2. The van der Waals surface area contributed by atoms with Crippen LogP contribution in [0.2, 0.25) is 0 Å². The van der Waals surface area contributed by atoms with Crippen LogP contribution in [0, 0.1) is 11.7 Å². The number of likely N-dealkylation sites (N-methyl/N-ethyl adjacent to an activating group) is 1. The number of rotatable bonds is 7. The Balaban J connectivity index is 1.31. The summed E-state index contributed by atoms with van der Waals surface area (Å²) in [5, 5.41) is 3.80. The van der Waals surface area contributed by atoms with Gasteiger partial charge in [-0.2, -0.15) is 11.3 Å². The second-order valence-corrected chi connectivity index (χ2v) is 10.0. The van der Waals surface area contributed by atoms with E-state index in [-0.39, 0.29) is 17.8 Å². The molecule has 3 heterocycles. The minimum absolute atomic E-state index is 0.00403. The van der Waals surface area contributed by atoms with Gasteiger partial charge in [-0.3, -0.25) is 19.7 Å². The second-order valence-electron chi connectivity index (χ2n) is 9.25. The molecule has 1 atom stereocenters. The van der Waals surface area contributed by atoms with Crippen molar-refractivity contribution in [2.75, 3.05) is 20.1 Å². The number of nitrogens with zero attached hydrogens (tertiary/aromatic N) is 4. The van der Waals surface area contributed by atoms with Crippen molar-refractivity contribution in [1.82, 2.24) is 19.8 Å². The number of aromatic nitrogens is 2. The number of hydrogen-bond acceptors (Lipinski definition) is 5. The lowest BCUT2D eigenvalue weighted by atomic mass is 9.84. The summed E-state index contributed by atoms with van der Waals surface area (Å²) in [6.07, 6.45) is 5.89. The largest absolute Gasteiger partial charge is 0.338 e. The van der Waals surface area contributed by atoms with Gasteiger partial charge in [0.05, 0.1) is 16.6 Å². The smallest absolute Gasteiger partial charge is 0.254 e. The standard InChI is InChI=1S/C28H29FN4OS/c1-32(28(34)23-11-16-35-19-23)26(17-21-5-2-3-7-24(21)29)20-9-14-33(15-10-20)18-22-6-4-8-25-27(22)31-13-12-30-25/h2-8,11-13,16,19-20,26H,9-10,14-15,17-18H2,1H3/t26-/m0/s1.